The van der Waals surface area contributed by atoms with E-state index in [4.69, 9.17) is 0 Å². The van der Waals surface area contributed by atoms with Crippen molar-refractivity contribution in [3.63, 3.8) is 0 Å². The molecule has 0 unspecified atom stereocenters. The fourth-order valence-corrected chi connectivity index (χ4v) is 2.20. The third-order valence-corrected chi connectivity index (χ3v) is 3.18. The zero-order valence-corrected chi connectivity index (χ0v) is 10.2. The zero-order chi connectivity index (χ0) is 13.2. The van der Waals surface area contributed by atoms with Crippen LogP contribution in [0.15, 0.2) is 60.7 Å². The first kappa shape index (κ1) is 11.5. The predicted molar refractivity (Wildman–Crippen MR) is 76.4 cm³/mol. The molecule has 0 aliphatic heterocycles. The quantitative estimate of drug-likeness (QED) is 0.695. The molecule has 2 heteroatoms. The molecule has 3 rings (SSSR count). The number of aldehydes is 1. The average molecular weight is 248 g/mol. The lowest BCUT2D eigenvalue weighted by molar-refractivity contribution is 0.112. The van der Waals surface area contributed by atoms with E-state index in [0.29, 0.717) is 5.56 Å². The molecule has 0 fully saturated rings. The van der Waals surface area contributed by atoms with Crippen molar-refractivity contribution in [1.29, 1.82) is 0 Å². The van der Waals surface area contributed by atoms with Gasteiger partial charge in [0.15, 0.2) is 0 Å². The molecule has 92 valence electrons. The van der Waals surface area contributed by atoms with Crippen LogP contribution < -0.4 is 0 Å². The van der Waals surface area contributed by atoms with E-state index in [-0.39, 0.29) is 5.75 Å². The van der Waals surface area contributed by atoms with Gasteiger partial charge in [0.1, 0.15) is 12.0 Å². The van der Waals surface area contributed by atoms with Gasteiger partial charge in [-0.2, -0.15) is 0 Å². The summed E-state index contributed by atoms with van der Waals surface area (Å²) in [6.07, 6.45) is 0.848. The largest absolute Gasteiger partial charge is 0.508 e. The lowest BCUT2D eigenvalue weighted by atomic mass is 10.00. The Balaban J connectivity index is 2.17. The third-order valence-electron chi connectivity index (χ3n) is 3.18. The molecule has 3 aromatic carbocycles. The summed E-state index contributed by atoms with van der Waals surface area (Å²) in [5, 5.41) is 11.6. The molecule has 0 radical (unpaired) electrons. The van der Waals surface area contributed by atoms with Crippen molar-refractivity contribution in [1.82, 2.24) is 0 Å². The highest BCUT2D eigenvalue weighted by atomic mass is 16.3. The van der Waals surface area contributed by atoms with E-state index < -0.39 is 0 Å². The van der Waals surface area contributed by atoms with Gasteiger partial charge in [-0.1, -0.05) is 36.4 Å². The van der Waals surface area contributed by atoms with E-state index in [1.807, 2.05) is 48.5 Å². The lowest BCUT2D eigenvalue weighted by Crippen LogP contribution is -1.82. The van der Waals surface area contributed by atoms with Crippen LogP contribution >= 0.6 is 0 Å². The van der Waals surface area contributed by atoms with E-state index in [2.05, 4.69) is 0 Å². The number of benzene rings is 3. The molecule has 0 saturated carbocycles. The normalized spacial score (nSPS) is 10.5. The first-order chi connectivity index (χ1) is 9.26. The van der Waals surface area contributed by atoms with Crippen LogP contribution in [0, 0.1) is 0 Å². The lowest BCUT2D eigenvalue weighted by Gasteiger charge is -2.05. The number of carbonyl (C=O) groups excluding carboxylic acids is 1. The maximum atomic E-state index is 10.8. The standard InChI is InChI=1S/C17H12O2/c18-11-12-4-5-13-6-7-15(9-16(13)8-12)14-2-1-3-17(19)10-14/h1-11,19H. The second-order valence-corrected chi connectivity index (χ2v) is 4.49. The molecule has 2 nitrogen and oxygen atoms in total. The fourth-order valence-electron chi connectivity index (χ4n) is 2.20. The van der Waals surface area contributed by atoms with Gasteiger partial charge < -0.3 is 5.11 Å². The Kier molecular flexibility index (Phi) is 2.76. The molecule has 0 spiro atoms. The van der Waals surface area contributed by atoms with Crippen molar-refractivity contribution in [3.05, 3.63) is 66.2 Å². The molecule has 0 aromatic heterocycles. The number of rotatable bonds is 2. The summed E-state index contributed by atoms with van der Waals surface area (Å²) >= 11 is 0. The molecule has 0 atom stereocenters. The monoisotopic (exact) mass is 248 g/mol. The van der Waals surface area contributed by atoms with Gasteiger partial charge in [-0.05, 0) is 46.2 Å². The Labute approximate surface area is 110 Å². The van der Waals surface area contributed by atoms with Gasteiger partial charge >= 0.3 is 0 Å². The average Bonchev–Trinajstić information content (AvgIpc) is 2.46. The number of hydrogen-bond donors (Lipinski definition) is 1. The molecular formula is C17H12O2. The van der Waals surface area contributed by atoms with E-state index >= 15 is 0 Å². The van der Waals surface area contributed by atoms with Crippen LogP contribution in [0.3, 0.4) is 0 Å². The summed E-state index contributed by atoms with van der Waals surface area (Å²) in [6.45, 7) is 0. The van der Waals surface area contributed by atoms with Crippen molar-refractivity contribution >= 4 is 17.1 Å². The molecule has 0 amide bonds. The number of phenolic OH excluding ortho intramolecular Hbond substituents is 1. The highest BCUT2D eigenvalue weighted by molar-refractivity contribution is 5.91. The van der Waals surface area contributed by atoms with Crippen molar-refractivity contribution in [2.45, 2.75) is 0 Å². The fraction of sp³-hybridized carbons (Fsp3) is 0. The Morgan fingerprint density at radius 3 is 2.37 bits per heavy atom. The highest BCUT2D eigenvalue weighted by Gasteiger charge is 2.01. The van der Waals surface area contributed by atoms with Gasteiger partial charge in [-0.25, -0.2) is 0 Å². The number of hydrogen-bond acceptors (Lipinski definition) is 2. The predicted octanol–water partition coefficient (Wildman–Crippen LogP) is 4.02. The number of aromatic hydroxyl groups is 1. The minimum Gasteiger partial charge on any atom is -0.508 e. The number of fused-ring (bicyclic) bond motifs is 1. The number of phenols is 1. The van der Waals surface area contributed by atoms with Crippen LogP contribution in [0.1, 0.15) is 10.4 Å². The van der Waals surface area contributed by atoms with Crippen LogP contribution in [0.25, 0.3) is 21.9 Å². The van der Waals surface area contributed by atoms with E-state index in [0.717, 1.165) is 28.2 Å². The van der Waals surface area contributed by atoms with Crippen molar-refractivity contribution < 1.29 is 9.90 Å². The SMILES string of the molecule is O=Cc1ccc2ccc(-c3cccc(O)c3)cc2c1. The molecule has 0 saturated heterocycles. The first-order valence-corrected chi connectivity index (χ1v) is 6.05. The minimum absolute atomic E-state index is 0.249. The van der Waals surface area contributed by atoms with Crippen molar-refractivity contribution in [2.24, 2.45) is 0 Å². The van der Waals surface area contributed by atoms with Gasteiger partial charge in [0.2, 0.25) is 0 Å². The van der Waals surface area contributed by atoms with Gasteiger partial charge in [0, 0.05) is 5.56 Å². The maximum Gasteiger partial charge on any atom is 0.150 e. The summed E-state index contributed by atoms with van der Waals surface area (Å²) in [7, 11) is 0. The molecule has 0 aliphatic rings. The second-order valence-electron chi connectivity index (χ2n) is 4.49. The summed E-state index contributed by atoms with van der Waals surface area (Å²) in [5.74, 6) is 0.249. The Bertz CT molecular complexity index is 760. The summed E-state index contributed by atoms with van der Waals surface area (Å²) in [5.41, 5.74) is 2.64. The van der Waals surface area contributed by atoms with Crippen LogP contribution in [0.5, 0.6) is 5.75 Å². The summed E-state index contributed by atoms with van der Waals surface area (Å²) in [4.78, 5) is 10.8. The second kappa shape index (κ2) is 4.58. The van der Waals surface area contributed by atoms with E-state index in [1.165, 1.54) is 0 Å². The van der Waals surface area contributed by atoms with Crippen LogP contribution in [0.4, 0.5) is 0 Å². The van der Waals surface area contributed by atoms with Gasteiger partial charge in [-0.15, -0.1) is 0 Å². The van der Waals surface area contributed by atoms with Crippen molar-refractivity contribution in [2.75, 3.05) is 0 Å². The van der Waals surface area contributed by atoms with Gasteiger partial charge in [0.05, 0.1) is 0 Å². The molecule has 0 aliphatic carbocycles. The molecule has 0 bridgehead atoms. The first-order valence-electron chi connectivity index (χ1n) is 6.05. The Morgan fingerprint density at radius 2 is 1.58 bits per heavy atom. The third kappa shape index (κ3) is 2.20. The molecule has 0 heterocycles. The summed E-state index contributed by atoms with van der Waals surface area (Å²) < 4.78 is 0. The molecular weight excluding hydrogens is 236 g/mol. The smallest absolute Gasteiger partial charge is 0.150 e. The minimum atomic E-state index is 0.249. The van der Waals surface area contributed by atoms with Crippen LogP contribution in [-0.4, -0.2) is 11.4 Å². The van der Waals surface area contributed by atoms with Crippen LogP contribution in [0.2, 0.25) is 0 Å². The van der Waals surface area contributed by atoms with Crippen LogP contribution in [-0.2, 0) is 0 Å². The molecule has 19 heavy (non-hydrogen) atoms. The molecule has 3 aromatic rings. The van der Waals surface area contributed by atoms with E-state index in [1.54, 1.807) is 12.1 Å². The topological polar surface area (TPSA) is 37.3 Å². The maximum absolute atomic E-state index is 10.8. The Hall–Kier alpha value is -2.61. The van der Waals surface area contributed by atoms with Crippen molar-refractivity contribution in [3.8, 4) is 16.9 Å². The highest BCUT2D eigenvalue weighted by Crippen LogP contribution is 2.27. The number of carbonyl (C=O) groups is 1. The summed E-state index contributed by atoms with van der Waals surface area (Å²) in [6, 6.07) is 18.8. The van der Waals surface area contributed by atoms with E-state index in [9.17, 15) is 9.90 Å². The molecule has 1 N–H and O–H groups in total. The van der Waals surface area contributed by atoms with Gasteiger partial charge in [-0.3, -0.25) is 4.79 Å². The Morgan fingerprint density at radius 1 is 0.789 bits per heavy atom. The van der Waals surface area contributed by atoms with Gasteiger partial charge in [0.25, 0.3) is 0 Å². The zero-order valence-electron chi connectivity index (χ0n) is 10.2.